The number of hydrogen-bond donors (Lipinski definition) is 0. The fourth-order valence-corrected chi connectivity index (χ4v) is 2.90. The average molecular weight is 386 g/mol. The van der Waals surface area contributed by atoms with E-state index in [4.69, 9.17) is 11.6 Å². The molecule has 28 heavy (non-hydrogen) atoms. The van der Waals surface area contributed by atoms with Gasteiger partial charge in [0.15, 0.2) is 5.84 Å². The Morgan fingerprint density at radius 1 is 0.821 bits per heavy atom. The first-order valence-corrected chi connectivity index (χ1v) is 9.13. The van der Waals surface area contributed by atoms with Crippen LogP contribution >= 0.6 is 11.6 Å². The molecule has 0 saturated heterocycles. The van der Waals surface area contributed by atoms with E-state index >= 15 is 0 Å². The lowest BCUT2D eigenvalue weighted by Crippen LogP contribution is -2.27. The maximum Gasteiger partial charge on any atom is 0.298 e. The van der Waals surface area contributed by atoms with Crippen LogP contribution in [-0.4, -0.2) is 23.0 Å². The summed E-state index contributed by atoms with van der Waals surface area (Å²) in [5.41, 5.74) is 2.89. The van der Waals surface area contributed by atoms with Gasteiger partial charge in [0, 0.05) is 10.6 Å². The van der Waals surface area contributed by atoms with E-state index in [0.717, 1.165) is 16.7 Å². The Labute approximate surface area is 168 Å². The summed E-state index contributed by atoms with van der Waals surface area (Å²) in [7, 11) is 0. The van der Waals surface area contributed by atoms with Gasteiger partial charge in [0.1, 0.15) is 5.70 Å². The molecule has 0 bridgehead atoms. The van der Waals surface area contributed by atoms with Crippen molar-refractivity contribution in [3.05, 3.63) is 112 Å². The van der Waals surface area contributed by atoms with Gasteiger partial charge in [-0.05, 0) is 29.3 Å². The minimum atomic E-state index is -0.277. The maximum absolute atomic E-state index is 13.0. The quantitative estimate of drug-likeness (QED) is 0.460. The molecule has 1 amide bonds. The third-order valence-corrected chi connectivity index (χ3v) is 4.42. The number of rotatable bonds is 4. The summed E-state index contributed by atoms with van der Waals surface area (Å²) in [5.74, 6) is 0.221. The van der Waals surface area contributed by atoms with Crippen LogP contribution in [0.15, 0.2) is 101 Å². The average Bonchev–Trinajstić information content (AvgIpc) is 3.05. The Kier molecular flexibility index (Phi) is 5.13. The normalized spacial score (nSPS) is 15.5. The SMILES string of the molecule is O=C1/C(=C\c2ccc(Cl)cc2)N=C(c2ccccc2)N1/N=C/c1ccccc1. The summed E-state index contributed by atoms with van der Waals surface area (Å²) < 4.78 is 0. The molecule has 4 rings (SSSR count). The van der Waals surface area contributed by atoms with Crippen molar-refractivity contribution < 1.29 is 4.79 Å². The molecule has 3 aromatic carbocycles. The van der Waals surface area contributed by atoms with Gasteiger partial charge in [0.2, 0.25) is 0 Å². The third kappa shape index (κ3) is 3.92. The summed E-state index contributed by atoms with van der Waals surface area (Å²) in [4.78, 5) is 17.5. The zero-order valence-corrected chi connectivity index (χ0v) is 15.6. The van der Waals surface area contributed by atoms with Gasteiger partial charge in [-0.2, -0.15) is 10.1 Å². The largest absolute Gasteiger partial charge is 0.298 e. The van der Waals surface area contributed by atoms with E-state index in [-0.39, 0.29) is 5.91 Å². The standard InChI is InChI=1S/C23H16ClN3O/c24-20-13-11-17(12-14-20)15-21-23(28)27(25-16-18-7-3-1-4-8-18)22(26-21)19-9-5-2-6-10-19/h1-16H/b21-15+,25-16+. The van der Waals surface area contributed by atoms with Gasteiger partial charge in [-0.15, -0.1) is 0 Å². The number of aliphatic imine (C=N–C) groups is 1. The molecule has 0 unspecified atom stereocenters. The molecule has 0 atom stereocenters. The summed E-state index contributed by atoms with van der Waals surface area (Å²) in [6.07, 6.45) is 3.39. The van der Waals surface area contributed by atoms with Crippen molar-refractivity contribution in [3.8, 4) is 0 Å². The highest BCUT2D eigenvalue weighted by Crippen LogP contribution is 2.23. The molecule has 0 N–H and O–H groups in total. The molecular formula is C23H16ClN3O. The topological polar surface area (TPSA) is 45.0 Å². The van der Waals surface area contributed by atoms with Crippen LogP contribution in [0.25, 0.3) is 6.08 Å². The van der Waals surface area contributed by atoms with Gasteiger partial charge >= 0.3 is 0 Å². The number of carbonyl (C=O) groups is 1. The molecule has 1 heterocycles. The number of carbonyl (C=O) groups excluding carboxylic acids is 1. The van der Waals surface area contributed by atoms with Crippen molar-refractivity contribution in [2.75, 3.05) is 0 Å². The Bertz CT molecular complexity index is 1070. The maximum atomic E-state index is 13.0. The van der Waals surface area contributed by atoms with Crippen LogP contribution in [0.5, 0.6) is 0 Å². The van der Waals surface area contributed by atoms with Crippen molar-refractivity contribution in [2.24, 2.45) is 10.1 Å². The second kappa shape index (κ2) is 8.03. The zero-order chi connectivity index (χ0) is 19.3. The van der Waals surface area contributed by atoms with Crippen molar-refractivity contribution in [1.82, 2.24) is 5.01 Å². The first-order valence-electron chi connectivity index (χ1n) is 8.75. The van der Waals surface area contributed by atoms with Gasteiger partial charge < -0.3 is 0 Å². The molecule has 0 saturated carbocycles. The fourth-order valence-electron chi connectivity index (χ4n) is 2.77. The minimum Gasteiger partial charge on any atom is -0.265 e. The molecule has 1 aliphatic rings. The van der Waals surface area contributed by atoms with Gasteiger partial charge in [-0.25, -0.2) is 4.99 Å². The Morgan fingerprint density at radius 3 is 2.14 bits per heavy atom. The van der Waals surface area contributed by atoms with Gasteiger partial charge in [0.25, 0.3) is 5.91 Å². The van der Waals surface area contributed by atoms with E-state index in [2.05, 4.69) is 10.1 Å². The Hall–Kier alpha value is -3.50. The Balaban J connectivity index is 1.72. The first-order chi connectivity index (χ1) is 13.7. The number of benzene rings is 3. The number of amides is 1. The lowest BCUT2D eigenvalue weighted by molar-refractivity contribution is -0.122. The van der Waals surface area contributed by atoms with Crippen molar-refractivity contribution in [1.29, 1.82) is 0 Å². The lowest BCUT2D eigenvalue weighted by Gasteiger charge is -2.11. The molecule has 0 radical (unpaired) electrons. The van der Waals surface area contributed by atoms with Crippen LogP contribution in [0.4, 0.5) is 0 Å². The predicted molar refractivity (Wildman–Crippen MR) is 113 cm³/mol. The fraction of sp³-hybridized carbons (Fsp3) is 0. The highest BCUT2D eigenvalue weighted by atomic mass is 35.5. The van der Waals surface area contributed by atoms with Crippen LogP contribution in [-0.2, 0) is 4.79 Å². The number of hydrogen-bond acceptors (Lipinski definition) is 3. The molecule has 4 nitrogen and oxygen atoms in total. The van der Waals surface area contributed by atoms with Crippen LogP contribution < -0.4 is 0 Å². The zero-order valence-electron chi connectivity index (χ0n) is 14.9. The van der Waals surface area contributed by atoms with Crippen molar-refractivity contribution >= 4 is 35.6 Å². The molecule has 0 aliphatic carbocycles. The monoisotopic (exact) mass is 385 g/mol. The summed E-state index contributed by atoms with van der Waals surface area (Å²) in [5, 5.41) is 6.38. The smallest absolute Gasteiger partial charge is 0.265 e. The van der Waals surface area contributed by atoms with Crippen LogP contribution in [0, 0.1) is 0 Å². The first kappa shape index (κ1) is 17.9. The Morgan fingerprint density at radius 2 is 1.46 bits per heavy atom. The second-order valence-electron chi connectivity index (χ2n) is 6.15. The molecule has 3 aromatic rings. The van der Waals surface area contributed by atoms with E-state index < -0.39 is 0 Å². The molecule has 0 fully saturated rings. The molecule has 0 spiro atoms. The molecule has 0 aromatic heterocycles. The number of halogens is 1. The second-order valence-corrected chi connectivity index (χ2v) is 6.59. The van der Waals surface area contributed by atoms with Crippen LogP contribution in [0.1, 0.15) is 16.7 Å². The van der Waals surface area contributed by atoms with E-state index in [0.29, 0.717) is 16.6 Å². The molecular weight excluding hydrogens is 370 g/mol. The minimum absolute atomic E-state index is 0.277. The van der Waals surface area contributed by atoms with Gasteiger partial charge in [-0.3, -0.25) is 4.79 Å². The van der Waals surface area contributed by atoms with Crippen molar-refractivity contribution in [2.45, 2.75) is 0 Å². The highest BCUT2D eigenvalue weighted by Gasteiger charge is 2.31. The van der Waals surface area contributed by atoms with Gasteiger partial charge in [0.05, 0.1) is 6.21 Å². The highest BCUT2D eigenvalue weighted by molar-refractivity contribution is 6.30. The third-order valence-electron chi connectivity index (χ3n) is 4.17. The summed E-state index contributed by atoms with van der Waals surface area (Å²) >= 11 is 5.94. The lowest BCUT2D eigenvalue weighted by atomic mass is 10.2. The molecule has 136 valence electrons. The summed E-state index contributed by atoms with van der Waals surface area (Å²) in [6, 6.07) is 26.4. The van der Waals surface area contributed by atoms with Gasteiger partial charge in [-0.1, -0.05) is 84.4 Å². The van der Waals surface area contributed by atoms with E-state index in [9.17, 15) is 4.79 Å². The number of nitrogens with zero attached hydrogens (tertiary/aromatic N) is 3. The summed E-state index contributed by atoms with van der Waals surface area (Å²) in [6.45, 7) is 0. The number of amidine groups is 1. The van der Waals surface area contributed by atoms with Crippen molar-refractivity contribution in [3.63, 3.8) is 0 Å². The van der Waals surface area contributed by atoms with Crippen LogP contribution in [0.3, 0.4) is 0 Å². The molecule has 5 heteroatoms. The molecule has 1 aliphatic heterocycles. The van der Waals surface area contributed by atoms with E-state index in [1.165, 1.54) is 5.01 Å². The predicted octanol–water partition coefficient (Wildman–Crippen LogP) is 5.00. The van der Waals surface area contributed by atoms with Crippen LogP contribution in [0.2, 0.25) is 5.02 Å². The van der Waals surface area contributed by atoms with E-state index in [1.54, 1.807) is 24.4 Å². The number of hydrazone groups is 1. The van der Waals surface area contributed by atoms with E-state index in [1.807, 2.05) is 72.8 Å².